The Morgan fingerprint density at radius 3 is 1.91 bits per heavy atom. The summed E-state index contributed by atoms with van der Waals surface area (Å²) in [4.78, 5) is 36.2. The molecular weight excluding hydrogens is 351 g/mol. The zero-order valence-corrected chi connectivity index (χ0v) is 17.2. The Balaban J connectivity index is 0.00000484. The van der Waals surface area contributed by atoms with E-state index in [2.05, 4.69) is 12.2 Å². The van der Waals surface area contributed by atoms with Crippen molar-refractivity contribution in [2.75, 3.05) is 5.32 Å². The molecule has 0 unspecified atom stereocenters. The topological polar surface area (TPSA) is 127 Å². The van der Waals surface area contributed by atoms with Crippen LogP contribution in [-0.2, 0) is 15.6 Å². The van der Waals surface area contributed by atoms with E-state index in [1.54, 1.807) is 24.3 Å². The second-order valence-corrected chi connectivity index (χ2v) is 9.00. The quantitative estimate of drug-likeness (QED) is 0.231. The smallest absolute Gasteiger partial charge is 0.362 e. The second-order valence-electron chi connectivity index (χ2n) is 5.20. The van der Waals surface area contributed by atoms with Gasteiger partial charge in [0.05, 0.1) is 0 Å². The molecule has 0 amide bonds. The molecule has 0 heterocycles. The average molecular weight is 374 g/mol. The van der Waals surface area contributed by atoms with Crippen molar-refractivity contribution < 1.29 is 58.3 Å². The molecule has 0 aromatic heterocycles. The Bertz CT molecular complexity index is 534. The first-order valence-electron chi connectivity index (χ1n) is 7.10. The molecule has 0 fully saturated rings. The maximum absolute atomic E-state index is 11.2. The Morgan fingerprint density at radius 1 is 0.957 bits per heavy atom. The Labute approximate surface area is 158 Å². The number of nitrogens with one attached hydrogen (secondary N) is 1. The Kier molecular flexibility index (Phi) is 10.5. The molecule has 10 heteroatoms. The molecule has 0 bridgehead atoms. The SMILES string of the molecule is CCCCCCc1ccc(NC(P(=O)(O)O)P(=O)(O)O)cc1.[Na+]. The summed E-state index contributed by atoms with van der Waals surface area (Å²) in [6.45, 7) is 2.14. The number of hydrogen-bond acceptors (Lipinski definition) is 3. The minimum atomic E-state index is -4.97. The first-order valence-corrected chi connectivity index (χ1v) is 10.5. The van der Waals surface area contributed by atoms with Crippen LogP contribution in [0, 0.1) is 0 Å². The molecular formula is C13H23NNaO6P2+. The van der Waals surface area contributed by atoms with Crippen molar-refractivity contribution in [1.29, 1.82) is 0 Å². The van der Waals surface area contributed by atoms with Crippen LogP contribution < -0.4 is 34.9 Å². The zero-order valence-electron chi connectivity index (χ0n) is 13.4. The third-order valence-electron chi connectivity index (χ3n) is 3.21. The van der Waals surface area contributed by atoms with E-state index in [-0.39, 0.29) is 35.2 Å². The third-order valence-corrected chi connectivity index (χ3v) is 6.54. The van der Waals surface area contributed by atoms with Crippen molar-refractivity contribution >= 4 is 20.9 Å². The fourth-order valence-corrected chi connectivity index (χ4v) is 4.24. The predicted molar refractivity (Wildman–Crippen MR) is 85.8 cm³/mol. The summed E-state index contributed by atoms with van der Waals surface area (Å²) < 4.78 is 22.4. The fraction of sp³-hybridized carbons (Fsp3) is 0.538. The van der Waals surface area contributed by atoms with Gasteiger partial charge in [0, 0.05) is 5.69 Å². The van der Waals surface area contributed by atoms with Gasteiger partial charge < -0.3 is 24.9 Å². The third kappa shape index (κ3) is 8.82. The van der Waals surface area contributed by atoms with E-state index in [1.165, 1.54) is 6.42 Å². The van der Waals surface area contributed by atoms with Gasteiger partial charge in [0.25, 0.3) is 0 Å². The van der Waals surface area contributed by atoms with E-state index < -0.39 is 20.7 Å². The minimum absolute atomic E-state index is 0. The summed E-state index contributed by atoms with van der Waals surface area (Å²) in [5, 5.41) is 2.24. The Hall–Kier alpha value is 0.320. The molecule has 0 aliphatic heterocycles. The van der Waals surface area contributed by atoms with E-state index in [4.69, 9.17) is 19.6 Å². The standard InChI is InChI=1S/C13H23NO6P2.Na/c1-2-3-4-5-6-11-7-9-12(10-8-11)14-13(21(15,16)17)22(18,19)20;/h7-10,13-14H,2-6H2,1H3,(H2,15,16,17)(H2,18,19,20);/q;+1. The van der Waals surface area contributed by atoms with Crippen molar-refractivity contribution in [2.45, 2.75) is 44.6 Å². The molecule has 0 radical (unpaired) electrons. The van der Waals surface area contributed by atoms with Gasteiger partial charge in [-0.3, -0.25) is 9.13 Å². The van der Waals surface area contributed by atoms with Crippen LogP contribution in [0.5, 0.6) is 0 Å². The largest absolute Gasteiger partial charge is 1.00 e. The molecule has 0 saturated heterocycles. The van der Waals surface area contributed by atoms with Crippen molar-refractivity contribution in [3.63, 3.8) is 0 Å². The average Bonchev–Trinajstić information content (AvgIpc) is 2.40. The summed E-state index contributed by atoms with van der Waals surface area (Å²) in [7, 11) is -9.95. The van der Waals surface area contributed by atoms with E-state index >= 15 is 0 Å². The van der Waals surface area contributed by atoms with Gasteiger partial charge in [-0.15, -0.1) is 0 Å². The predicted octanol–water partition coefficient (Wildman–Crippen LogP) is -0.136. The number of benzene rings is 1. The van der Waals surface area contributed by atoms with Gasteiger partial charge in [0.2, 0.25) is 5.52 Å². The summed E-state index contributed by atoms with van der Waals surface area (Å²) in [5.41, 5.74) is -0.894. The van der Waals surface area contributed by atoms with Crippen molar-refractivity contribution in [2.24, 2.45) is 0 Å². The van der Waals surface area contributed by atoms with Crippen LogP contribution in [-0.4, -0.2) is 25.1 Å². The maximum Gasteiger partial charge on any atom is 1.00 e. The molecule has 0 aliphatic carbocycles. The number of unbranched alkanes of at least 4 members (excludes halogenated alkanes) is 3. The number of rotatable bonds is 9. The van der Waals surface area contributed by atoms with Crippen molar-refractivity contribution in [1.82, 2.24) is 0 Å². The van der Waals surface area contributed by atoms with Gasteiger partial charge in [0.1, 0.15) is 0 Å². The van der Waals surface area contributed by atoms with Gasteiger partial charge in [-0.2, -0.15) is 0 Å². The number of anilines is 1. The molecule has 1 aromatic carbocycles. The van der Waals surface area contributed by atoms with Crippen LogP contribution in [0.3, 0.4) is 0 Å². The van der Waals surface area contributed by atoms with Crippen LogP contribution in [0.2, 0.25) is 0 Å². The van der Waals surface area contributed by atoms with Crippen LogP contribution in [0.1, 0.15) is 38.2 Å². The minimum Gasteiger partial charge on any atom is -0.362 e. The van der Waals surface area contributed by atoms with Gasteiger partial charge in [-0.1, -0.05) is 38.3 Å². The summed E-state index contributed by atoms with van der Waals surface area (Å²) in [5.74, 6) is 0. The van der Waals surface area contributed by atoms with Gasteiger partial charge in [0.15, 0.2) is 0 Å². The van der Waals surface area contributed by atoms with Gasteiger partial charge in [-0.25, -0.2) is 0 Å². The molecule has 1 aromatic rings. The fourth-order valence-electron chi connectivity index (χ4n) is 2.04. The van der Waals surface area contributed by atoms with Crippen molar-refractivity contribution in [3.8, 4) is 0 Å². The molecule has 5 N–H and O–H groups in total. The summed E-state index contributed by atoms with van der Waals surface area (Å²) in [6.07, 6.45) is 5.46. The molecule has 7 nitrogen and oxygen atoms in total. The van der Waals surface area contributed by atoms with E-state index in [1.807, 2.05) is 0 Å². The molecule has 126 valence electrons. The van der Waals surface area contributed by atoms with E-state index in [0.717, 1.165) is 31.2 Å². The van der Waals surface area contributed by atoms with E-state index in [9.17, 15) is 9.13 Å². The summed E-state index contributed by atoms with van der Waals surface area (Å²) in [6, 6.07) is 6.69. The Morgan fingerprint density at radius 2 is 1.48 bits per heavy atom. The molecule has 0 atom stereocenters. The van der Waals surface area contributed by atoms with Gasteiger partial charge >= 0.3 is 44.7 Å². The number of aryl methyl sites for hydroxylation is 1. The zero-order chi connectivity index (χ0) is 16.8. The first-order chi connectivity index (χ1) is 10.1. The molecule has 0 spiro atoms. The molecule has 23 heavy (non-hydrogen) atoms. The normalized spacial score (nSPS) is 12.1. The van der Waals surface area contributed by atoms with E-state index in [0.29, 0.717) is 0 Å². The number of hydrogen-bond donors (Lipinski definition) is 5. The first kappa shape index (κ1) is 23.3. The van der Waals surface area contributed by atoms with Gasteiger partial charge in [-0.05, 0) is 30.5 Å². The monoisotopic (exact) mass is 374 g/mol. The summed E-state index contributed by atoms with van der Waals surface area (Å²) >= 11 is 0. The second kappa shape index (κ2) is 10.3. The van der Waals surface area contributed by atoms with Crippen LogP contribution >= 0.6 is 15.2 Å². The van der Waals surface area contributed by atoms with Crippen molar-refractivity contribution in [3.05, 3.63) is 29.8 Å². The molecule has 0 saturated carbocycles. The molecule has 0 aliphatic rings. The molecule has 1 rings (SSSR count). The maximum atomic E-state index is 11.2. The van der Waals surface area contributed by atoms with Crippen LogP contribution in [0.4, 0.5) is 5.69 Å². The van der Waals surface area contributed by atoms with Crippen LogP contribution in [0.15, 0.2) is 24.3 Å². The van der Waals surface area contributed by atoms with Crippen LogP contribution in [0.25, 0.3) is 0 Å².